The molecular formula is C25H29BF3N5O4. The Hall–Kier alpha value is -3.58. The molecule has 0 spiro atoms. The number of anilines is 2. The minimum absolute atomic E-state index is 0.0307. The molecule has 0 radical (unpaired) electrons. The quantitative estimate of drug-likeness (QED) is 0.448. The minimum Gasteiger partial charge on any atom is -0.496 e. The van der Waals surface area contributed by atoms with Crippen molar-refractivity contribution in [2.24, 2.45) is 7.05 Å². The molecule has 0 unspecified atom stereocenters. The van der Waals surface area contributed by atoms with E-state index in [0.717, 1.165) is 11.2 Å². The van der Waals surface area contributed by atoms with E-state index in [2.05, 4.69) is 15.4 Å². The first-order valence-corrected chi connectivity index (χ1v) is 11.9. The third kappa shape index (κ3) is 5.78. The Morgan fingerprint density at radius 1 is 1.08 bits per heavy atom. The van der Waals surface area contributed by atoms with E-state index in [1.54, 1.807) is 17.8 Å². The second-order valence-electron chi connectivity index (χ2n) is 9.93. The van der Waals surface area contributed by atoms with Gasteiger partial charge in [-0.2, -0.15) is 18.2 Å². The Morgan fingerprint density at radius 2 is 1.71 bits per heavy atom. The second-order valence-corrected chi connectivity index (χ2v) is 9.93. The van der Waals surface area contributed by atoms with Gasteiger partial charge in [-0.1, -0.05) is 18.2 Å². The van der Waals surface area contributed by atoms with Crippen molar-refractivity contribution in [3.8, 4) is 17.1 Å². The molecule has 1 saturated heterocycles. The number of halogens is 3. The molecule has 1 aromatic heterocycles. The molecule has 2 N–H and O–H groups in total. The lowest BCUT2D eigenvalue weighted by atomic mass is 9.79. The lowest BCUT2D eigenvalue weighted by Crippen LogP contribution is -2.41. The van der Waals surface area contributed by atoms with Gasteiger partial charge in [-0.05, 0) is 57.4 Å². The van der Waals surface area contributed by atoms with Crippen LogP contribution in [-0.2, 0) is 16.4 Å². The van der Waals surface area contributed by atoms with E-state index in [4.69, 9.17) is 14.0 Å². The summed E-state index contributed by atoms with van der Waals surface area (Å²) in [6.45, 7) is 6.56. The number of nitrogens with zero attached hydrogens (tertiary/aromatic N) is 3. The maximum Gasteiger partial charge on any atom is 0.494 e. The summed E-state index contributed by atoms with van der Waals surface area (Å²) < 4.78 is 56.4. The van der Waals surface area contributed by atoms with Crippen molar-refractivity contribution in [2.45, 2.75) is 45.1 Å². The van der Waals surface area contributed by atoms with Gasteiger partial charge in [0, 0.05) is 18.3 Å². The average Bonchev–Trinajstić information content (AvgIpc) is 3.31. The highest BCUT2D eigenvalue weighted by Crippen LogP contribution is 2.36. The highest BCUT2D eigenvalue weighted by atomic mass is 19.4. The molecule has 1 aliphatic rings. The van der Waals surface area contributed by atoms with Crippen LogP contribution in [0.4, 0.5) is 24.8 Å². The zero-order valence-electron chi connectivity index (χ0n) is 21.9. The summed E-state index contributed by atoms with van der Waals surface area (Å²) in [5.74, 6) is -0.00722. The molecular weight excluding hydrogens is 502 g/mol. The number of hydrogen-bond donors (Lipinski definition) is 2. The van der Waals surface area contributed by atoms with Crippen LogP contribution in [0.5, 0.6) is 5.75 Å². The van der Waals surface area contributed by atoms with Gasteiger partial charge < -0.3 is 24.7 Å². The Labute approximate surface area is 218 Å². The first kappa shape index (κ1) is 27.5. The van der Waals surface area contributed by atoms with Crippen LogP contribution in [0.15, 0.2) is 42.5 Å². The van der Waals surface area contributed by atoms with Gasteiger partial charge in [0.05, 0.1) is 23.9 Å². The molecule has 1 aliphatic heterocycles. The predicted molar refractivity (Wildman–Crippen MR) is 137 cm³/mol. The highest BCUT2D eigenvalue weighted by Gasteiger charge is 2.51. The summed E-state index contributed by atoms with van der Waals surface area (Å²) in [5.41, 5.74) is 1.28. The van der Waals surface area contributed by atoms with Crippen LogP contribution >= 0.6 is 0 Å². The first-order valence-electron chi connectivity index (χ1n) is 11.9. The fourth-order valence-electron chi connectivity index (χ4n) is 3.74. The number of ether oxygens (including phenoxy) is 1. The number of methoxy groups -OCH3 is 1. The van der Waals surface area contributed by atoms with Gasteiger partial charge in [-0.25, -0.2) is 4.68 Å². The number of benzene rings is 2. The van der Waals surface area contributed by atoms with Crippen LogP contribution < -0.4 is 20.8 Å². The monoisotopic (exact) mass is 531 g/mol. The smallest absolute Gasteiger partial charge is 0.494 e. The molecule has 4 rings (SSSR count). The van der Waals surface area contributed by atoms with Crippen molar-refractivity contribution in [3.05, 3.63) is 48.0 Å². The van der Waals surface area contributed by atoms with E-state index in [9.17, 15) is 18.0 Å². The molecule has 38 heavy (non-hydrogen) atoms. The van der Waals surface area contributed by atoms with Gasteiger partial charge in [0.15, 0.2) is 5.82 Å². The van der Waals surface area contributed by atoms with E-state index in [1.165, 1.54) is 19.2 Å². The minimum atomic E-state index is -4.52. The molecule has 1 amide bonds. The molecule has 2 aromatic carbocycles. The Bertz CT molecular complexity index is 1310. The van der Waals surface area contributed by atoms with E-state index in [1.807, 2.05) is 57.3 Å². The normalized spacial score (nSPS) is 16.4. The maximum absolute atomic E-state index is 12.5. The van der Waals surface area contributed by atoms with E-state index in [0.29, 0.717) is 17.3 Å². The number of rotatable bonds is 7. The lowest BCUT2D eigenvalue weighted by molar-refractivity contribution is -0.123. The van der Waals surface area contributed by atoms with Crippen LogP contribution in [0.2, 0.25) is 0 Å². The molecule has 0 aliphatic carbocycles. The maximum atomic E-state index is 12.5. The van der Waals surface area contributed by atoms with Crippen LogP contribution in [0.3, 0.4) is 0 Å². The SMILES string of the molecule is COc1cc(-c2nc(Nc3ccc(B4OC(C)(C)C(C)(C)O4)cc3)n(C)n2)ccc1C(=O)NCC(F)(F)F. The fourth-order valence-corrected chi connectivity index (χ4v) is 3.74. The average molecular weight is 531 g/mol. The molecule has 13 heteroatoms. The Morgan fingerprint density at radius 3 is 2.29 bits per heavy atom. The number of aryl methyl sites for hydroxylation is 1. The van der Waals surface area contributed by atoms with Crippen LogP contribution in [-0.4, -0.2) is 58.8 Å². The van der Waals surface area contributed by atoms with Crippen molar-refractivity contribution >= 4 is 30.1 Å². The van der Waals surface area contributed by atoms with Gasteiger partial charge in [0.1, 0.15) is 12.3 Å². The summed E-state index contributed by atoms with van der Waals surface area (Å²) in [4.78, 5) is 16.7. The van der Waals surface area contributed by atoms with Gasteiger partial charge in [0.25, 0.3) is 5.91 Å². The highest BCUT2D eigenvalue weighted by molar-refractivity contribution is 6.62. The summed E-state index contributed by atoms with van der Waals surface area (Å²) in [7, 11) is 2.57. The van der Waals surface area contributed by atoms with Crippen LogP contribution in [0.25, 0.3) is 11.4 Å². The van der Waals surface area contributed by atoms with E-state index in [-0.39, 0.29) is 11.3 Å². The van der Waals surface area contributed by atoms with Crippen molar-refractivity contribution < 1.29 is 32.0 Å². The lowest BCUT2D eigenvalue weighted by Gasteiger charge is -2.32. The van der Waals surface area contributed by atoms with Crippen molar-refractivity contribution in [2.75, 3.05) is 19.0 Å². The molecule has 202 valence electrons. The molecule has 0 bridgehead atoms. The zero-order valence-corrected chi connectivity index (χ0v) is 21.9. The Kier molecular flexibility index (Phi) is 7.19. The molecule has 3 aromatic rings. The van der Waals surface area contributed by atoms with E-state index >= 15 is 0 Å². The third-order valence-corrected chi connectivity index (χ3v) is 6.61. The summed E-state index contributed by atoms with van der Waals surface area (Å²) in [5, 5.41) is 9.45. The standard InChI is InChI=1S/C25H29BF3N5O4/c1-23(2)24(3,4)38-26(37-23)16-8-10-17(11-9-16)31-22-32-20(33-34(22)5)15-7-12-18(19(13-15)36-6)21(35)30-14-25(27,28)29/h7-13H,14H2,1-6H3,(H,30,35)(H,31,32,33). The number of nitrogens with one attached hydrogen (secondary N) is 2. The van der Waals surface area contributed by atoms with Crippen molar-refractivity contribution in [3.63, 3.8) is 0 Å². The van der Waals surface area contributed by atoms with Gasteiger partial charge in [-0.3, -0.25) is 4.79 Å². The summed E-state index contributed by atoms with van der Waals surface area (Å²) >= 11 is 0. The van der Waals surface area contributed by atoms with Gasteiger partial charge in [-0.15, -0.1) is 5.10 Å². The number of hydrogen-bond acceptors (Lipinski definition) is 7. The number of alkyl halides is 3. The van der Waals surface area contributed by atoms with E-state index < -0.39 is 36.9 Å². The predicted octanol–water partition coefficient (Wildman–Crippen LogP) is 3.83. The number of amides is 1. The topological polar surface area (TPSA) is 99.5 Å². The zero-order chi connectivity index (χ0) is 27.9. The molecule has 9 nitrogen and oxygen atoms in total. The van der Waals surface area contributed by atoms with Crippen molar-refractivity contribution in [1.29, 1.82) is 0 Å². The molecule has 2 heterocycles. The number of carbonyl (C=O) groups excluding carboxylic acids is 1. The van der Waals surface area contributed by atoms with Gasteiger partial charge in [0.2, 0.25) is 5.95 Å². The largest absolute Gasteiger partial charge is 0.496 e. The van der Waals surface area contributed by atoms with Crippen molar-refractivity contribution in [1.82, 2.24) is 20.1 Å². The summed E-state index contributed by atoms with van der Waals surface area (Å²) in [6.07, 6.45) is -4.52. The van der Waals surface area contributed by atoms with Crippen LogP contribution in [0.1, 0.15) is 38.1 Å². The molecule has 0 atom stereocenters. The summed E-state index contributed by atoms with van der Waals surface area (Å²) in [6, 6.07) is 12.0. The second kappa shape index (κ2) is 9.95. The first-order chi connectivity index (χ1) is 17.7. The fraction of sp³-hybridized carbons (Fsp3) is 0.400. The third-order valence-electron chi connectivity index (χ3n) is 6.61. The van der Waals surface area contributed by atoms with Crippen LogP contribution in [0, 0.1) is 0 Å². The number of carbonyl (C=O) groups is 1. The Balaban J connectivity index is 1.48. The molecule has 0 saturated carbocycles. The molecule has 1 fully saturated rings. The van der Waals surface area contributed by atoms with Gasteiger partial charge >= 0.3 is 13.3 Å². The number of aromatic nitrogens is 3.